The van der Waals surface area contributed by atoms with Crippen LogP contribution >= 0.6 is 27.3 Å². The van der Waals surface area contributed by atoms with Crippen LogP contribution in [0.2, 0.25) is 0 Å². The number of hydrogen-bond donors (Lipinski definition) is 1. The second kappa shape index (κ2) is 6.42. The molecule has 0 saturated carbocycles. The van der Waals surface area contributed by atoms with Gasteiger partial charge >= 0.3 is 0 Å². The Hall–Kier alpha value is -1.72. The Labute approximate surface area is 147 Å². The maximum Gasteiger partial charge on any atom is 0.184 e. The summed E-state index contributed by atoms with van der Waals surface area (Å²) < 4.78 is 2.10. The molecule has 0 spiro atoms. The second-order valence-electron chi connectivity index (χ2n) is 5.61. The predicted molar refractivity (Wildman–Crippen MR) is 101 cm³/mol. The van der Waals surface area contributed by atoms with E-state index in [-0.39, 0.29) is 11.8 Å². The lowest BCUT2D eigenvalue weighted by atomic mass is 10.1. The third kappa shape index (κ3) is 3.31. The topological polar surface area (TPSA) is 42.0 Å². The molecule has 0 saturated heterocycles. The van der Waals surface area contributed by atoms with Crippen LogP contribution in [0.15, 0.2) is 40.9 Å². The number of fused-ring (bicyclic) bond motifs is 1. The number of halogens is 1. The second-order valence-corrected chi connectivity index (χ2v) is 7.56. The van der Waals surface area contributed by atoms with Gasteiger partial charge in [-0.2, -0.15) is 0 Å². The highest BCUT2D eigenvalue weighted by Crippen LogP contribution is 2.30. The third-order valence-corrected chi connectivity index (χ3v) is 5.43. The van der Waals surface area contributed by atoms with Crippen molar-refractivity contribution in [3.05, 3.63) is 57.6 Å². The van der Waals surface area contributed by atoms with Crippen molar-refractivity contribution in [1.82, 2.24) is 4.98 Å². The van der Waals surface area contributed by atoms with Crippen molar-refractivity contribution in [3.8, 4) is 0 Å². The number of nitrogens with zero attached hydrogens (tertiary/aromatic N) is 1. The molecule has 3 rings (SSSR count). The Morgan fingerprint density at radius 1 is 1.17 bits per heavy atom. The van der Waals surface area contributed by atoms with Crippen LogP contribution in [0.3, 0.4) is 0 Å². The van der Waals surface area contributed by atoms with Crippen LogP contribution in [0.1, 0.15) is 28.4 Å². The van der Waals surface area contributed by atoms with Crippen molar-refractivity contribution in [2.45, 2.75) is 26.8 Å². The number of aromatic nitrogens is 1. The highest BCUT2D eigenvalue weighted by molar-refractivity contribution is 9.10. The van der Waals surface area contributed by atoms with Crippen LogP contribution in [0.25, 0.3) is 10.2 Å². The number of carbonyl (C=O) groups is 1. The number of nitrogens with one attached hydrogen (secondary N) is 1. The summed E-state index contributed by atoms with van der Waals surface area (Å²) in [6.07, 6.45) is 0. The number of hydrogen-bond acceptors (Lipinski definition) is 4. The molecule has 23 heavy (non-hydrogen) atoms. The molecule has 5 heteroatoms. The van der Waals surface area contributed by atoms with Gasteiger partial charge in [-0.05, 0) is 50.1 Å². The zero-order chi connectivity index (χ0) is 16.6. The molecule has 1 atom stereocenters. The van der Waals surface area contributed by atoms with E-state index in [9.17, 15) is 4.79 Å². The van der Waals surface area contributed by atoms with Crippen molar-refractivity contribution in [1.29, 1.82) is 0 Å². The van der Waals surface area contributed by atoms with Gasteiger partial charge in [-0.25, -0.2) is 4.98 Å². The molecule has 3 nitrogen and oxygen atoms in total. The first-order chi connectivity index (χ1) is 11.0. The van der Waals surface area contributed by atoms with Gasteiger partial charge in [0.25, 0.3) is 0 Å². The number of benzene rings is 2. The van der Waals surface area contributed by atoms with Gasteiger partial charge in [0.15, 0.2) is 10.9 Å². The van der Waals surface area contributed by atoms with Gasteiger partial charge < -0.3 is 5.32 Å². The van der Waals surface area contributed by atoms with Crippen molar-refractivity contribution in [3.63, 3.8) is 0 Å². The van der Waals surface area contributed by atoms with Crippen LogP contribution in [0.5, 0.6) is 0 Å². The Balaban J connectivity index is 1.82. The zero-order valence-corrected chi connectivity index (χ0v) is 15.6. The molecule has 0 fully saturated rings. The first-order valence-electron chi connectivity index (χ1n) is 7.39. The third-order valence-electron chi connectivity index (χ3n) is 3.95. The van der Waals surface area contributed by atoms with Gasteiger partial charge in [-0.1, -0.05) is 45.5 Å². The average molecular weight is 389 g/mol. The van der Waals surface area contributed by atoms with Gasteiger partial charge in [0.1, 0.15) is 0 Å². The Kier molecular flexibility index (Phi) is 4.50. The summed E-state index contributed by atoms with van der Waals surface area (Å²) in [7, 11) is 0. The molecule has 0 aliphatic carbocycles. The number of anilines is 1. The van der Waals surface area contributed by atoms with E-state index in [1.165, 1.54) is 11.1 Å². The van der Waals surface area contributed by atoms with Gasteiger partial charge in [-0.15, -0.1) is 0 Å². The lowest BCUT2D eigenvalue weighted by molar-refractivity contribution is 0.0975. The smallest absolute Gasteiger partial charge is 0.184 e. The number of thiazole rings is 1. The first kappa shape index (κ1) is 16.1. The molecule has 3 aromatic rings. The summed E-state index contributed by atoms with van der Waals surface area (Å²) in [5.74, 6) is 0.0599. The van der Waals surface area contributed by atoms with E-state index in [1.54, 1.807) is 11.3 Å². The minimum Gasteiger partial charge on any atom is -0.352 e. The minimum absolute atomic E-state index is 0.0599. The molecule has 118 valence electrons. The molecule has 1 aromatic heterocycles. The van der Waals surface area contributed by atoms with Crippen LogP contribution in [0.4, 0.5) is 5.13 Å². The molecule has 1 N–H and O–H groups in total. The monoisotopic (exact) mass is 388 g/mol. The maximum absolute atomic E-state index is 12.5. The molecule has 0 radical (unpaired) electrons. The van der Waals surface area contributed by atoms with Crippen LogP contribution in [0, 0.1) is 13.8 Å². The number of rotatable bonds is 4. The standard InChI is InChI=1S/C18H17BrN2OS/c1-10-4-9-15-16(11(10)2)21-18(23-15)20-12(3)17(22)13-5-7-14(19)8-6-13/h4-9,12H,1-3H3,(H,20,21). The van der Waals surface area contributed by atoms with E-state index in [0.29, 0.717) is 5.56 Å². The molecule has 0 aliphatic heterocycles. The Bertz CT molecular complexity index is 871. The summed E-state index contributed by atoms with van der Waals surface area (Å²) in [5.41, 5.74) is 4.13. The SMILES string of the molecule is Cc1ccc2sc(NC(C)C(=O)c3ccc(Br)cc3)nc2c1C. The van der Waals surface area contributed by atoms with E-state index in [0.717, 1.165) is 19.8 Å². The summed E-state index contributed by atoms with van der Waals surface area (Å²) in [5, 5.41) is 4.02. The molecular formula is C18H17BrN2OS. The fraction of sp³-hybridized carbons (Fsp3) is 0.222. The van der Waals surface area contributed by atoms with Crippen molar-refractivity contribution < 1.29 is 4.79 Å². The largest absolute Gasteiger partial charge is 0.352 e. The molecule has 0 bridgehead atoms. The van der Waals surface area contributed by atoms with Gasteiger partial charge in [0.05, 0.1) is 16.3 Å². The molecule has 1 heterocycles. The summed E-state index contributed by atoms with van der Waals surface area (Å²) in [4.78, 5) is 17.1. The maximum atomic E-state index is 12.5. The zero-order valence-electron chi connectivity index (χ0n) is 13.2. The summed E-state index contributed by atoms with van der Waals surface area (Å²) in [6, 6.07) is 11.3. The number of carbonyl (C=O) groups excluding carboxylic acids is 1. The van der Waals surface area contributed by atoms with E-state index in [1.807, 2.05) is 31.2 Å². The fourth-order valence-electron chi connectivity index (χ4n) is 2.40. The van der Waals surface area contributed by atoms with Crippen LogP contribution in [-0.4, -0.2) is 16.8 Å². The van der Waals surface area contributed by atoms with E-state index in [4.69, 9.17) is 0 Å². The van der Waals surface area contributed by atoms with Crippen LogP contribution in [-0.2, 0) is 0 Å². The van der Waals surface area contributed by atoms with Crippen molar-refractivity contribution >= 4 is 48.4 Å². The molecule has 2 aromatic carbocycles. The van der Waals surface area contributed by atoms with Crippen molar-refractivity contribution in [2.24, 2.45) is 0 Å². The van der Waals surface area contributed by atoms with E-state index >= 15 is 0 Å². The lowest BCUT2D eigenvalue weighted by Gasteiger charge is -2.11. The number of Topliss-reactive ketones (excluding diaryl/α,β-unsaturated/α-hetero) is 1. The predicted octanol–water partition coefficient (Wildman–Crippen LogP) is 5.36. The summed E-state index contributed by atoms with van der Waals surface area (Å²) in [6.45, 7) is 6.03. The fourth-order valence-corrected chi connectivity index (χ4v) is 3.68. The highest BCUT2D eigenvalue weighted by atomic mass is 79.9. The Morgan fingerprint density at radius 3 is 2.57 bits per heavy atom. The Morgan fingerprint density at radius 2 is 1.87 bits per heavy atom. The molecule has 0 aliphatic rings. The average Bonchev–Trinajstić information content (AvgIpc) is 2.94. The van der Waals surface area contributed by atoms with Gasteiger partial charge in [0.2, 0.25) is 0 Å². The van der Waals surface area contributed by atoms with E-state index in [2.05, 4.69) is 52.2 Å². The first-order valence-corrected chi connectivity index (χ1v) is 8.99. The normalized spacial score (nSPS) is 12.3. The minimum atomic E-state index is -0.321. The van der Waals surface area contributed by atoms with Crippen LogP contribution < -0.4 is 5.32 Å². The quantitative estimate of drug-likeness (QED) is 0.611. The summed E-state index contributed by atoms with van der Waals surface area (Å²) >= 11 is 4.96. The molecule has 0 amide bonds. The molecule has 1 unspecified atom stereocenters. The lowest BCUT2D eigenvalue weighted by Crippen LogP contribution is -2.26. The number of ketones is 1. The van der Waals surface area contributed by atoms with Crippen molar-refractivity contribution in [2.75, 3.05) is 5.32 Å². The number of aryl methyl sites for hydroxylation is 2. The molecular weight excluding hydrogens is 372 g/mol. The highest BCUT2D eigenvalue weighted by Gasteiger charge is 2.17. The van der Waals surface area contributed by atoms with E-state index < -0.39 is 0 Å². The van der Waals surface area contributed by atoms with Gasteiger partial charge in [0, 0.05) is 10.0 Å². The van der Waals surface area contributed by atoms with Gasteiger partial charge in [-0.3, -0.25) is 4.79 Å².